The summed E-state index contributed by atoms with van der Waals surface area (Å²) < 4.78 is 1.79. The minimum Gasteiger partial charge on any atom is -0.355 e. The highest BCUT2D eigenvalue weighted by molar-refractivity contribution is 6.30. The van der Waals surface area contributed by atoms with E-state index < -0.39 is 0 Å². The van der Waals surface area contributed by atoms with Gasteiger partial charge in [-0.2, -0.15) is 10.1 Å². The van der Waals surface area contributed by atoms with Gasteiger partial charge in [-0.1, -0.05) is 30.2 Å². The average molecular weight is 386 g/mol. The molecule has 2 heterocycles. The van der Waals surface area contributed by atoms with Gasteiger partial charge in [0.25, 0.3) is 5.56 Å². The molecule has 6 nitrogen and oxygen atoms in total. The average Bonchev–Trinajstić information content (AvgIpc) is 3.00. The van der Waals surface area contributed by atoms with Crippen LogP contribution in [0.5, 0.6) is 0 Å². The van der Waals surface area contributed by atoms with Crippen LogP contribution in [0, 0.1) is 0 Å². The van der Waals surface area contributed by atoms with Gasteiger partial charge in [0.15, 0.2) is 5.65 Å². The maximum absolute atomic E-state index is 12.5. The monoisotopic (exact) mass is 385 g/mol. The molecule has 0 atom stereocenters. The smallest absolute Gasteiger partial charge is 0.263 e. The molecule has 1 saturated carbocycles. The fourth-order valence-electron chi connectivity index (χ4n) is 3.72. The van der Waals surface area contributed by atoms with Crippen LogP contribution in [0.1, 0.15) is 45.6 Å². The topological polar surface area (TPSA) is 75.6 Å². The molecule has 3 aromatic rings. The Bertz CT molecular complexity index is 1030. The van der Waals surface area contributed by atoms with Gasteiger partial charge in [-0.05, 0) is 51.3 Å². The molecule has 0 radical (unpaired) electrons. The first-order chi connectivity index (χ1) is 12.8. The van der Waals surface area contributed by atoms with Gasteiger partial charge in [0.05, 0.1) is 11.7 Å². The van der Waals surface area contributed by atoms with Gasteiger partial charge in [-0.15, -0.1) is 0 Å². The van der Waals surface area contributed by atoms with Gasteiger partial charge >= 0.3 is 0 Å². The van der Waals surface area contributed by atoms with Gasteiger partial charge in [0.2, 0.25) is 5.95 Å². The SMILES string of the molecule is CC(C)(C)n1ncc2c(=O)[nH]c(NCC3(c4ccc(Cl)cc4)CCC3)nc21. The molecule has 0 aliphatic heterocycles. The molecule has 2 N–H and O–H groups in total. The van der Waals surface area contributed by atoms with Crippen LogP contribution in [0.4, 0.5) is 5.95 Å². The summed E-state index contributed by atoms with van der Waals surface area (Å²) in [6.07, 6.45) is 4.99. The summed E-state index contributed by atoms with van der Waals surface area (Å²) in [5.41, 5.74) is 1.50. The Kier molecular flexibility index (Phi) is 4.26. The van der Waals surface area contributed by atoms with Crippen LogP contribution in [-0.2, 0) is 11.0 Å². The van der Waals surface area contributed by atoms with Crippen LogP contribution in [0.2, 0.25) is 5.02 Å². The first-order valence-electron chi connectivity index (χ1n) is 9.27. The van der Waals surface area contributed by atoms with Gasteiger partial charge in [0, 0.05) is 17.0 Å². The third kappa shape index (κ3) is 3.23. The molecule has 7 heteroatoms. The Morgan fingerprint density at radius 2 is 1.96 bits per heavy atom. The summed E-state index contributed by atoms with van der Waals surface area (Å²) in [6, 6.07) is 8.06. The van der Waals surface area contributed by atoms with Crippen molar-refractivity contribution in [3.8, 4) is 0 Å². The Morgan fingerprint density at radius 1 is 1.26 bits per heavy atom. The minimum absolute atomic E-state index is 0.0579. The molecule has 4 rings (SSSR count). The van der Waals surface area contributed by atoms with E-state index in [2.05, 4.69) is 32.5 Å². The van der Waals surface area contributed by atoms with E-state index in [1.54, 1.807) is 10.9 Å². The van der Waals surface area contributed by atoms with Crippen molar-refractivity contribution in [3.63, 3.8) is 0 Å². The standard InChI is InChI=1S/C20H24ClN5O/c1-19(2,3)26-16-15(11-23-26)17(27)25-18(24-16)22-12-20(9-4-10-20)13-5-7-14(21)8-6-13/h5-8,11H,4,9-10,12H2,1-3H3,(H2,22,24,25,27). The van der Waals surface area contributed by atoms with Crippen molar-refractivity contribution in [2.45, 2.75) is 51.0 Å². The van der Waals surface area contributed by atoms with Crippen molar-refractivity contribution in [1.29, 1.82) is 0 Å². The Morgan fingerprint density at radius 3 is 2.56 bits per heavy atom. The number of aromatic nitrogens is 4. The van der Waals surface area contributed by atoms with Crippen LogP contribution >= 0.6 is 11.6 Å². The second kappa shape index (κ2) is 6.37. The Hall–Kier alpha value is -2.34. The van der Waals surface area contributed by atoms with Crippen molar-refractivity contribution in [1.82, 2.24) is 19.7 Å². The van der Waals surface area contributed by atoms with Crippen molar-refractivity contribution in [2.75, 3.05) is 11.9 Å². The molecule has 0 spiro atoms. The molecule has 0 amide bonds. The molecular formula is C20H24ClN5O. The zero-order chi connectivity index (χ0) is 19.2. The van der Waals surface area contributed by atoms with Crippen LogP contribution in [0.25, 0.3) is 11.0 Å². The Labute approximate surface area is 163 Å². The molecule has 0 bridgehead atoms. The fraction of sp³-hybridized carbons (Fsp3) is 0.450. The minimum atomic E-state index is -0.252. The molecule has 1 aromatic carbocycles. The summed E-state index contributed by atoms with van der Waals surface area (Å²) in [7, 11) is 0. The number of halogens is 1. The van der Waals surface area contributed by atoms with Crippen LogP contribution in [0.3, 0.4) is 0 Å². The van der Waals surface area contributed by atoms with E-state index in [0.717, 1.165) is 17.9 Å². The molecular weight excluding hydrogens is 362 g/mol. The highest BCUT2D eigenvalue weighted by atomic mass is 35.5. The van der Waals surface area contributed by atoms with E-state index in [-0.39, 0.29) is 16.5 Å². The van der Waals surface area contributed by atoms with Crippen molar-refractivity contribution in [3.05, 3.63) is 51.4 Å². The summed E-state index contributed by atoms with van der Waals surface area (Å²) in [6.45, 7) is 6.84. The number of fused-ring (bicyclic) bond motifs is 1. The van der Waals surface area contributed by atoms with E-state index in [1.165, 1.54) is 12.0 Å². The van der Waals surface area contributed by atoms with Crippen molar-refractivity contribution < 1.29 is 0 Å². The normalized spacial score (nSPS) is 16.3. The number of nitrogens with zero attached hydrogens (tertiary/aromatic N) is 3. The quantitative estimate of drug-likeness (QED) is 0.710. The van der Waals surface area contributed by atoms with Crippen LogP contribution < -0.4 is 10.9 Å². The van der Waals surface area contributed by atoms with Crippen LogP contribution in [0.15, 0.2) is 35.3 Å². The van der Waals surface area contributed by atoms with Gasteiger partial charge in [0.1, 0.15) is 5.39 Å². The molecule has 0 unspecified atom stereocenters. The number of H-pyrrole nitrogens is 1. The molecule has 1 aliphatic carbocycles. The molecule has 2 aromatic heterocycles. The first-order valence-corrected chi connectivity index (χ1v) is 9.65. The molecule has 0 saturated heterocycles. The first kappa shape index (κ1) is 18.0. The number of benzene rings is 1. The van der Waals surface area contributed by atoms with E-state index >= 15 is 0 Å². The predicted molar refractivity (Wildman–Crippen MR) is 109 cm³/mol. The van der Waals surface area contributed by atoms with Gasteiger partial charge in [-0.3, -0.25) is 9.78 Å². The highest BCUT2D eigenvalue weighted by Crippen LogP contribution is 2.43. The number of rotatable bonds is 4. The van der Waals surface area contributed by atoms with Gasteiger partial charge in [-0.25, -0.2) is 4.68 Å². The summed E-state index contributed by atoms with van der Waals surface area (Å²) >= 11 is 6.04. The second-order valence-corrected chi connectivity index (χ2v) is 8.81. The van der Waals surface area contributed by atoms with Crippen molar-refractivity contribution in [2.24, 2.45) is 0 Å². The van der Waals surface area contributed by atoms with E-state index in [1.807, 2.05) is 32.9 Å². The summed E-state index contributed by atoms with van der Waals surface area (Å²) in [5.74, 6) is 0.485. The number of nitrogens with one attached hydrogen (secondary N) is 2. The lowest BCUT2D eigenvalue weighted by Crippen LogP contribution is -2.41. The van der Waals surface area contributed by atoms with E-state index in [9.17, 15) is 4.79 Å². The lowest BCUT2D eigenvalue weighted by Gasteiger charge is -2.42. The molecule has 27 heavy (non-hydrogen) atoms. The fourth-order valence-corrected chi connectivity index (χ4v) is 3.85. The third-order valence-corrected chi connectivity index (χ3v) is 5.69. The summed E-state index contributed by atoms with van der Waals surface area (Å²) in [5, 5.41) is 8.97. The van der Waals surface area contributed by atoms with Crippen molar-refractivity contribution >= 4 is 28.6 Å². The number of aromatic amines is 1. The third-order valence-electron chi connectivity index (χ3n) is 5.43. The van der Waals surface area contributed by atoms with E-state index in [4.69, 9.17) is 11.6 Å². The second-order valence-electron chi connectivity index (χ2n) is 8.37. The summed E-state index contributed by atoms with van der Waals surface area (Å²) in [4.78, 5) is 19.9. The van der Waals surface area contributed by atoms with Gasteiger partial charge < -0.3 is 5.32 Å². The molecule has 1 fully saturated rings. The van der Waals surface area contributed by atoms with E-state index in [0.29, 0.717) is 23.5 Å². The maximum Gasteiger partial charge on any atom is 0.263 e. The van der Waals surface area contributed by atoms with Crippen LogP contribution in [-0.4, -0.2) is 26.3 Å². The number of hydrogen-bond acceptors (Lipinski definition) is 4. The molecule has 1 aliphatic rings. The number of anilines is 1. The lowest BCUT2D eigenvalue weighted by molar-refractivity contribution is 0.260. The zero-order valence-corrected chi connectivity index (χ0v) is 16.6. The highest BCUT2D eigenvalue weighted by Gasteiger charge is 2.38. The largest absolute Gasteiger partial charge is 0.355 e. The lowest BCUT2D eigenvalue weighted by atomic mass is 9.64. The molecule has 142 valence electrons. The number of hydrogen-bond donors (Lipinski definition) is 2. The predicted octanol–water partition coefficient (Wildman–Crippen LogP) is 4.06. The maximum atomic E-state index is 12.5. The Balaban J connectivity index is 1.63. The zero-order valence-electron chi connectivity index (χ0n) is 15.8.